The lowest BCUT2D eigenvalue weighted by Gasteiger charge is -2.27. The van der Waals surface area contributed by atoms with Crippen molar-refractivity contribution in [1.82, 2.24) is 5.32 Å². The Morgan fingerprint density at radius 3 is 1.90 bits per heavy atom. The van der Waals surface area contributed by atoms with Crippen molar-refractivity contribution in [3.05, 3.63) is 35.9 Å². The van der Waals surface area contributed by atoms with Crippen LogP contribution in [0.3, 0.4) is 0 Å². The Morgan fingerprint density at radius 1 is 0.810 bits per heavy atom. The fourth-order valence-corrected chi connectivity index (χ4v) is 2.62. The minimum atomic E-state index is 0. The molecule has 1 aromatic rings. The summed E-state index contributed by atoms with van der Waals surface area (Å²) >= 11 is 0. The number of hydrogen-bond donors (Lipinski definition) is 1. The highest BCUT2D eigenvalue weighted by atomic mass is 35.5. The lowest BCUT2D eigenvalue weighted by atomic mass is 9.94. The second-order valence-electron chi connectivity index (χ2n) is 6.39. The van der Waals surface area contributed by atoms with Gasteiger partial charge in [0.1, 0.15) is 0 Å². The molecule has 21 heavy (non-hydrogen) atoms. The van der Waals surface area contributed by atoms with Gasteiger partial charge in [-0.2, -0.15) is 0 Å². The molecule has 0 aromatic heterocycles. The zero-order valence-corrected chi connectivity index (χ0v) is 15.0. The van der Waals surface area contributed by atoms with E-state index in [1.807, 2.05) is 0 Å². The quantitative estimate of drug-likeness (QED) is 0.489. The van der Waals surface area contributed by atoms with E-state index < -0.39 is 0 Å². The zero-order chi connectivity index (χ0) is 14.7. The van der Waals surface area contributed by atoms with Gasteiger partial charge in [-0.05, 0) is 32.4 Å². The summed E-state index contributed by atoms with van der Waals surface area (Å²) in [5, 5.41) is 3.69. The highest BCUT2D eigenvalue weighted by molar-refractivity contribution is 5.85. The number of nitrogens with one attached hydrogen (secondary N) is 1. The normalized spacial score (nSPS) is 11.2. The molecule has 0 aliphatic heterocycles. The first-order valence-electron chi connectivity index (χ1n) is 8.47. The molecular formula is C19H34ClN. The predicted octanol–water partition coefficient (Wildman–Crippen LogP) is 6.07. The third-order valence-electron chi connectivity index (χ3n) is 4.09. The Hall–Kier alpha value is -0.530. The molecule has 2 heteroatoms. The molecule has 122 valence electrons. The van der Waals surface area contributed by atoms with Gasteiger partial charge in [0.05, 0.1) is 0 Å². The van der Waals surface area contributed by atoms with Crippen molar-refractivity contribution in [3.63, 3.8) is 0 Å². The Kier molecular flexibility index (Phi) is 11.8. The molecule has 0 saturated carbocycles. The van der Waals surface area contributed by atoms with Crippen molar-refractivity contribution < 1.29 is 0 Å². The maximum absolute atomic E-state index is 3.69. The summed E-state index contributed by atoms with van der Waals surface area (Å²) < 4.78 is 0. The standard InChI is InChI=1S/C19H33N.ClH/c1-4-5-6-7-8-9-10-14-17-20-19(2,3)18-15-12-11-13-16-18;/h11-13,15-16,20H,4-10,14,17H2,1-3H3;1H. The average molecular weight is 312 g/mol. The van der Waals surface area contributed by atoms with E-state index >= 15 is 0 Å². The topological polar surface area (TPSA) is 12.0 Å². The number of benzene rings is 1. The number of rotatable bonds is 11. The Balaban J connectivity index is 0.00000400. The molecule has 0 atom stereocenters. The van der Waals surface area contributed by atoms with E-state index in [1.54, 1.807) is 0 Å². The lowest BCUT2D eigenvalue weighted by molar-refractivity contribution is 0.394. The molecule has 0 aliphatic rings. The first-order chi connectivity index (χ1) is 9.67. The predicted molar refractivity (Wildman–Crippen MR) is 97.3 cm³/mol. The van der Waals surface area contributed by atoms with Gasteiger partial charge in [0.25, 0.3) is 0 Å². The minimum absolute atomic E-state index is 0. The van der Waals surface area contributed by atoms with Crippen LogP contribution in [0.4, 0.5) is 0 Å². The molecule has 0 unspecified atom stereocenters. The van der Waals surface area contributed by atoms with Gasteiger partial charge in [0.15, 0.2) is 0 Å². The van der Waals surface area contributed by atoms with Crippen LogP contribution in [0.2, 0.25) is 0 Å². The minimum Gasteiger partial charge on any atom is -0.308 e. The summed E-state index contributed by atoms with van der Waals surface area (Å²) in [4.78, 5) is 0. The van der Waals surface area contributed by atoms with Gasteiger partial charge in [0.2, 0.25) is 0 Å². The molecular weight excluding hydrogens is 278 g/mol. The summed E-state index contributed by atoms with van der Waals surface area (Å²) in [6, 6.07) is 10.7. The van der Waals surface area contributed by atoms with E-state index in [2.05, 4.69) is 56.4 Å². The monoisotopic (exact) mass is 311 g/mol. The van der Waals surface area contributed by atoms with Crippen LogP contribution >= 0.6 is 12.4 Å². The Morgan fingerprint density at radius 2 is 1.33 bits per heavy atom. The van der Waals surface area contributed by atoms with Crippen molar-refractivity contribution in [2.75, 3.05) is 6.54 Å². The van der Waals surface area contributed by atoms with Crippen molar-refractivity contribution >= 4 is 12.4 Å². The first-order valence-corrected chi connectivity index (χ1v) is 8.47. The van der Waals surface area contributed by atoms with Gasteiger partial charge < -0.3 is 5.32 Å². The summed E-state index contributed by atoms with van der Waals surface area (Å²) in [6.45, 7) is 7.94. The largest absolute Gasteiger partial charge is 0.308 e. The fourth-order valence-electron chi connectivity index (χ4n) is 2.62. The summed E-state index contributed by atoms with van der Waals surface area (Å²) in [5.41, 5.74) is 1.46. The molecule has 0 amide bonds. The van der Waals surface area contributed by atoms with Crippen molar-refractivity contribution in [1.29, 1.82) is 0 Å². The lowest BCUT2D eigenvalue weighted by Crippen LogP contribution is -2.37. The van der Waals surface area contributed by atoms with Crippen LogP contribution in [0.1, 0.15) is 77.7 Å². The molecule has 0 heterocycles. The van der Waals surface area contributed by atoms with Gasteiger partial charge in [-0.25, -0.2) is 0 Å². The molecule has 1 aromatic carbocycles. The highest BCUT2D eigenvalue weighted by Crippen LogP contribution is 2.19. The molecule has 0 saturated heterocycles. The van der Waals surface area contributed by atoms with Crippen molar-refractivity contribution in [2.24, 2.45) is 0 Å². The summed E-state index contributed by atoms with van der Waals surface area (Å²) in [6.07, 6.45) is 11.1. The van der Waals surface area contributed by atoms with Crippen LogP contribution in [0.5, 0.6) is 0 Å². The fraction of sp³-hybridized carbons (Fsp3) is 0.684. The van der Waals surface area contributed by atoms with Gasteiger partial charge in [0, 0.05) is 5.54 Å². The van der Waals surface area contributed by atoms with Crippen LogP contribution in [-0.4, -0.2) is 6.54 Å². The smallest absolute Gasteiger partial charge is 0.0377 e. The number of hydrogen-bond acceptors (Lipinski definition) is 1. The van der Waals surface area contributed by atoms with Crippen LogP contribution in [-0.2, 0) is 5.54 Å². The van der Waals surface area contributed by atoms with Crippen LogP contribution in [0, 0.1) is 0 Å². The van der Waals surface area contributed by atoms with Gasteiger partial charge >= 0.3 is 0 Å². The number of halogens is 1. The average Bonchev–Trinajstić information content (AvgIpc) is 2.46. The molecule has 0 aliphatic carbocycles. The van der Waals surface area contributed by atoms with Crippen LogP contribution in [0.15, 0.2) is 30.3 Å². The highest BCUT2D eigenvalue weighted by Gasteiger charge is 2.18. The zero-order valence-electron chi connectivity index (χ0n) is 14.2. The molecule has 0 spiro atoms. The van der Waals surface area contributed by atoms with E-state index in [-0.39, 0.29) is 17.9 Å². The second-order valence-corrected chi connectivity index (χ2v) is 6.39. The number of unbranched alkanes of at least 4 members (excludes halogenated alkanes) is 7. The second kappa shape index (κ2) is 12.1. The summed E-state index contributed by atoms with van der Waals surface area (Å²) in [5.74, 6) is 0. The van der Waals surface area contributed by atoms with Crippen molar-refractivity contribution in [2.45, 2.75) is 77.7 Å². The van der Waals surface area contributed by atoms with Crippen molar-refractivity contribution in [3.8, 4) is 0 Å². The molecule has 0 radical (unpaired) electrons. The summed E-state index contributed by atoms with van der Waals surface area (Å²) in [7, 11) is 0. The van der Waals surface area contributed by atoms with E-state index in [9.17, 15) is 0 Å². The van der Waals surface area contributed by atoms with E-state index in [4.69, 9.17) is 0 Å². The van der Waals surface area contributed by atoms with Gasteiger partial charge in [-0.15, -0.1) is 12.4 Å². The Bertz CT molecular complexity index is 335. The van der Waals surface area contributed by atoms with E-state index in [0.717, 1.165) is 6.54 Å². The van der Waals surface area contributed by atoms with E-state index in [1.165, 1.54) is 56.9 Å². The molecule has 0 bridgehead atoms. The van der Waals surface area contributed by atoms with Crippen LogP contribution in [0.25, 0.3) is 0 Å². The van der Waals surface area contributed by atoms with Gasteiger partial charge in [-0.1, -0.05) is 82.2 Å². The third kappa shape index (κ3) is 9.16. The van der Waals surface area contributed by atoms with Crippen LogP contribution < -0.4 is 5.32 Å². The maximum Gasteiger partial charge on any atom is 0.0377 e. The SMILES string of the molecule is CCCCCCCCCCNC(C)(C)c1ccccc1.Cl. The van der Waals surface area contributed by atoms with Gasteiger partial charge in [-0.3, -0.25) is 0 Å². The molecule has 0 fully saturated rings. The molecule has 1 nitrogen and oxygen atoms in total. The maximum atomic E-state index is 3.69. The molecule has 1 N–H and O–H groups in total. The Labute approximate surface area is 138 Å². The van der Waals surface area contributed by atoms with E-state index in [0.29, 0.717) is 0 Å². The third-order valence-corrected chi connectivity index (χ3v) is 4.09. The first kappa shape index (κ1) is 20.5. The molecule has 1 rings (SSSR count).